The van der Waals surface area contributed by atoms with Gasteiger partial charge in [-0.2, -0.15) is 5.10 Å². The summed E-state index contributed by atoms with van der Waals surface area (Å²) in [7, 11) is 0. The van der Waals surface area contributed by atoms with Gasteiger partial charge in [0.05, 0.1) is 17.1 Å². The lowest BCUT2D eigenvalue weighted by Crippen LogP contribution is -2.49. The highest BCUT2D eigenvalue weighted by atomic mass is 79.9. The lowest BCUT2D eigenvalue weighted by atomic mass is 10.2. The van der Waals surface area contributed by atoms with Crippen LogP contribution < -0.4 is 4.90 Å². The van der Waals surface area contributed by atoms with E-state index in [0.29, 0.717) is 23.5 Å². The molecule has 1 saturated heterocycles. The summed E-state index contributed by atoms with van der Waals surface area (Å²) in [5.74, 6) is 0.326. The number of aromatic nitrogens is 2. The second kappa shape index (κ2) is 5.55. The molecule has 21 heavy (non-hydrogen) atoms. The standard InChI is InChI=1S/C14H17BrN4O2/c1-9-13(10(2)17-16-9)18-5-7-19(8-6-18)14(20)11-3-4-12(15)21-11/h3-4H,5-8H2,1-2H3,(H,16,17). The van der Waals surface area contributed by atoms with Crippen LogP contribution in [0.1, 0.15) is 21.9 Å². The van der Waals surface area contributed by atoms with E-state index in [1.54, 1.807) is 12.1 Å². The minimum atomic E-state index is -0.0546. The summed E-state index contributed by atoms with van der Waals surface area (Å²) in [4.78, 5) is 16.4. The normalized spacial score (nSPS) is 15.6. The zero-order chi connectivity index (χ0) is 15.0. The summed E-state index contributed by atoms with van der Waals surface area (Å²) in [5.41, 5.74) is 3.23. The van der Waals surface area contributed by atoms with Gasteiger partial charge in [-0.3, -0.25) is 9.89 Å². The van der Waals surface area contributed by atoms with Crippen LogP contribution in [0.2, 0.25) is 0 Å². The van der Waals surface area contributed by atoms with E-state index in [9.17, 15) is 4.79 Å². The second-order valence-electron chi connectivity index (χ2n) is 5.17. The van der Waals surface area contributed by atoms with E-state index in [1.807, 2.05) is 18.7 Å². The second-order valence-corrected chi connectivity index (χ2v) is 5.95. The third-order valence-corrected chi connectivity index (χ3v) is 4.18. The Kier molecular flexibility index (Phi) is 3.75. The van der Waals surface area contributed by atoms with Crippen molar-refractivity contribution < 1.29 is 9.21 Å². The highest BCUT2D eigenvalue weighted by Crippen LogP contribution is 2.24. The maximum Gasteiger partial charge on any atom is 0.289 e. The first-order valence-electron chi connectivity index (χ1n) is 6.87. The van der Waals surface area contributed by atoms with Crippen LogP contribution in [-0.4, -0.2) is 47.2 Å². The van der Waals surface area contributed by atoms with Gasteiger partial charge in [0.15, 0.2) is 10.4 Å². The van der Waals surface area contributed by atoms with Gasteiger partial charge in [-0.05, 0) is 41.9 Å². The lowest BCUT2D eigenvalue weighted by molar-refractivity contribution is 0.0713. The molecule has 0 saturated carbocycles. The van der Waals surface area contributed by atoms with E-state index in [1.165, 1.54) is 0 Å². The smallest absolute Gasteiger partial charge is 0.289 e. The molecule has 0 radical (unpaired) electrons. The molecule has 0 aliphatic carbocycles. The SMILES string of the molecule is Cc1n[nH]c(C)c1N1CCN(C(=O)c2ccc(Br)o2)CC1. The monoisotopic (exact) mass is 352 g/mol. The van der Waals surface area contributed by atoms with E-state index < -0.39 is 0 Å². The van der Waals surface area contributed by atoms with Crippen LogP contribution in [0.3, 0.4) is 0 Å². The van der Waals surface area contributed by atoms with Gasteiger partial charge in [-0.15, -0.1) is 0 Å². The molecule has 0 unspecified atom stereocenters. The van der Waals surface area contributed by atoms with Gasteiger partial charge in [0, 0.05) is 26.2 Å². The van der Waals surface area contributed by atoms with Crippen molar-refractivity contribution in [1.82, 2.24) is 15.1 Å². The van der Waals surface area contributed by atoms with Crippen LogP contribution in [-0.2, 0) is 0 Å². The van der Waals surface area contributed by atoms with E-state index in [-0.39, 0.29) is 5.91 Å². The number of hydrogen-bond donors (Lipinski definition) is 1. The third-order valence-electron chi connectivity index (χ3n) is 3.76. The maximum atomic E-state index is 12.3. The zero-order valence-electron chi connectivity index (χ0n) is 12.0. The quantitative estimate of drug-likeness (QED) is 0.900. The molecular formula is C14H17BrN4O2. The molecule has 3 heterocycles. The first-order chi connectivity index (χ1) is 10.1. The number of aryl methyl sites for hydroxylation is 2. The van der Waals surface area contributed by atoms with Gasteiger partial charge in [0.25, 0.3) is 5.91 Å². The van der Waals surface area contributed by atoms with Crippen molar-refractivity contribution >= 4 is 27.5 Å². The summed E-state index contributed by atoms with van der Waals surface area (Å²) in [5, 5.41) is 7.23. The van der Waals surface area contributed by atoms with Crippen molar-refractivity contribution in [1.29, 1.82) is 0 Å². The highest BCUT2D eigenvalue weighted by molar-refractivity contribution is 9.10. The molecule has 112 valence electrons. The Morgan fingerprint density at radius 2 is 2.00 bits per heavy atom. The Labute approximate surface area is 131 Å². The molecule has 0 bridgehead atoms. The highest BCUT2D eigenvalue weighted by Gasteiger charge is 2.26. The van der Waals surface area contributed by atoms with Crippen molar-refractivity contribution in [2.45, 2.75) is 13.8 Å². The van der Waals surface area contributed by atoms with Crippen LogP contribution in [0.15, 0.2) is 21.2 Å². The van der Waals surface area contributed by atoms with E-state index in [2.05, 4.69) is 31.0 Å². The Morgan fingerprint density at radius 1 is 1.29 bits per heavy atom. The largest absolute Gasteiger partial charge is 0.444 e. The van der Waals surface area contributed by atoms with Crippen molar-refractivity contribution in [3.63, 3.8) is 0 Å². The van der Waals surface area contributed by atoms with Crippen LogP contribution in [0.25, 0.3) is 0 Å². The number of nitrogens with zero attached hydrogens (tertiary/aromatic N) is 3. The Hall–Kier alpha value is -1.76. The number of rotatable bonds is 2. The Bertz CT molecular complexity index is 636. The number of amides is 1. The summed E-state index contributed by atoms with van der Waals surface area (Å²) in [6.45, 7) is 6.98. The summed E-state index contributed by atoms with van der Waals surface area (Å²) < 4.78 is 5.91. The predicted molar refractivity (Wildman–Crippen MR) is 82.6 cm³/mol. The topological polar surface area (TPSA) is 65.4 Å². The number of carbonyl (C=O) groups excluding carboxylic acids is 1. The number of halogens is 1. The molecular weight excluding hydrogens is 336 g/mol. The van der Waals surface area contributed by atoms with Gasteiger partial charge in [0.2, 0.25) is 0 Å². The molecule has 0 aromatic carbocycles. The zero-order valence-corrected chi connectivity index (χ0v) is 13.6. The Morgan fingerprint density at radius 3 is 2.52 bits per heavy atom. The van der Waals surface area contributed by atoms with Gasteiger partial charge in [0.1, 0.15) is 0 Å². The van der Waals surface area contributed by atoms with Gasteiger partial charge >= 0.3 is 0 Å². The number of carbonyl (C=O) groups is 1. The van der Waals surface area contributed by atoms with E-state index >= 15 is 0 Å². The molecule has 1 aliphatic rings. The minimum absolute atomic E-state index is 0.0546. The summed E-state index contributed by atoms with van der Waals surface area (Å²) >= 11 is 3.22. The average Bonchev–Trinajstić information content (AvgIpc) is 3.05. The predicted octanol–water partition coefficient (Wildman–Crippen LogP) is 2.34. The number of hydrogen-bond acceptors (Lipinski definition) is 4. The van der Waals surface area contributed by atoms with Gasteiger partial charge < -0.3 is 14.2 Å². The molecule has 2 aromatic heterocycles. The first kappa shape index (κ1) is 14.2. The molecule has 0 spiro atoms. The summed E-state index contributed by atoms with van der Waals surface area (Å²) in [6, 6.07) is 3.44. The fourth-order valence-electron chi connectivity index (χ4n) is 2.73. The maximum absolute atomic E-state index is 12.3. The molecule has 1 aliphatic heterocycles. The lowest BCUT2D eigenvalue weighted by Gasteiger charge is -2.35. The third kappa shape index (κ3) is 2.70. The molecule has 1 amide bonds. The van der Waals surface area contributed by atoms with E-state index in [4.69, 9.17) is 4.42 Å². The molecule has 1 fully saturated rings. The van der Waals surface area contributed by atoms with Crippen molar-refractivity contribution in [3.05, 3.63) is 34.0 Å². The van der Waals surface area contributed by atoms with Gasteiger partial charge in [-0.1, -0.05) is 0 Å². The van der Waals surface area contributed by atoms with Gasteiger partial charge in [-0.25, -0.2) is 0 Å². The van der Waals surface area contributed by atoms with Crippen molar-refractivity contribution in [2.24, 2.45) is 0 Å². The average molecular weight is 353 g/mol. The summed E-state index contributed by atoms with van der Waals surface area (Å²) in [6.07, 6.45) is 0. The number of aromatic amines is 1. The van der Waals surface area contributed by atoms with Crippen molar-refractivity contribution in [3.8, 4) is 0 Å². The van der Waals surface area contributed by atoms with Crippen molar-refractivity contribution in [2.75, 3.05) is 31.1 Å². The minimum Gasteiger partial charge on any atom is -0.444 e. The number of nitrogens with one attached hydrogen (secondary N) is 1. The van der Waals surface area contributed by atoms with Crippen LogP contribution in [0, 0.1) is 13.8 Å². The molecule has 0 atom stereocenters. The van der Waals surface area contributed by atoms with Crippen LogP contribution in [0.5, 0.6) is 0 Å². The number of furan rings is 1. The number of anilines is 1. The molecule has 6 nitrogen and oxygen atoms in total. The van der Waals surface area contributed by atoms with Crippen LogP contribution >= 0.6 is 15.9 Å². The fraction of sp³-hybridized carbons (Fsp3) is 0.429. The number of piperazine rings is 1. The molecule has 1 N–H and O–H groups in total. The number of H-pyrrole nitrogens is 1. The Balaban J connectivity index is 1.67. The fourth-order valence-corrected chi connectivity index (χ4v) is 3.04. The van der Waals surface area contributed by atoms with E-state index in [0.717, 1.165) is 30.2 Å². The van der Waals surface area contributed by atoms with Crippen LogP contribution in [0.4, 0.5) is 5.69 Å². The first-order valence-corrected chi connectivity index (χ1v) is 7.66. The molecule has 2 aromatic rings. The molecule has 3 rings (SSSR count). The molecule has 7 heteroatoms.